The van der Waals surface area contributed by atoms with Gasteiger partial charge in [-0.25, -0.2) is 4.79 Å². The summed E-state index contributed by atoms with van der Waals surface area (Å²) in [5.74, 6) is -1.72. The van der Waals surface area contributed by atoms with Gasteiger partial charge in [0, 0.05) is 13.0 Å². The Morgan fingerprint density at radius 2 is 0.679 bits per heavy atom. The van der Waals surface area contributed by atoms with E-state index in [1.807, 2.05) is 6.92 Å². The first-order valence-electron chi connectivity index (χ1n) is 18.2. The Morgan fingerprint density at radius 1 is 0.396 bits per heavy atom. The lowest BCUT2D eigenvalue weighted by Gasteiger charge is -2.09. The van der Waals surface area contributed by atoms with Crippen molar-refractivity contribution < 1.29 is 85.8 Å². The number of carbonyl (C=O) groups is 3. The minimum atomic E-state index is -1.13. The fourth-order valence-electron chi connectivity index (χ4n) is 3.56. The highest BCUT2D eigenvalue weighted by molar-refractivity contribution is 5.77. The maximum atomic E-state index is 11.4. The number of amides is 1. The Balaban J connectivity index is 3.10. The summed E-state index contributed by atoms with van der Waals surface area (Å²) >= 11 is 0. The van der Waals surface area contributed by atoms with Gasteiger partial charge in [0.2, 0.25) is 5.91 Å². The zero-order chi connectivity index (χ0) is 38.6. The Hall–Kier alpha value is -2.11. The second-order valence-electron chi connectivity index (χ2n) is 10.6. The predicted octanol–water partition coefficient (Wildman–Crippen LogP) is -0.254. The summed E-state index contributed by atoms with van der Waals surface area (Å²) in [5, 5.41) is 11.0. The Bertz CT molecular complexity index is 797. The van der Waals surface area contributed by atoms with Crippen molar-refractivity contribution in [2.24, 2.45) is 0 Å². The van der Waals surface area contributed by atoms with E-state index in [0.717, 1.165) is 6.42 Å². The lowest BCUT2D eigenvalue weighted by atomic mass is 10.3. The molecule has 0 saturated carbocycles. The van der Waals surface area contributed by atoms with Crippen LogP contribution in [-0.2, 0) is 80.7 Å². The molecule has 53 heavy (non-hydrogen) atoms. The van der Waals surface area contributed by atoms with E-state index < -0.39 is 18.5 Å². The summed E-state index contributed by atoms with van der Waals surface area (Å²) in [6.45, 7) is 12.4. The first-order valence-corrected chi connectivity index (χ1v) is 18.2. The van der Waals surface area contributed by atoms with Crippen LogP contribution in [-0.4, -0.2) is 208 Å². The molecule has 19 heteroatoms. The van der Waals surface area contributed by atoms with Gasteiger partial charge in [-0.1, -0.05) is 6.92 Å². The number of carbonyl (C=O) groups excluding carboxylic acids is 2. The van der Waals surface area contributed by atoms with Crippen molar-refractivity contribution in [2.45, 2.75) is 19.8 Å². The van der Waals surface area contributed by atoms with E-state index in [0.29, 0.717) is 172 Å². The Labute approximate surface area is 313 Å². The standard InChI is InChI=1S/C34H65NO18/c1-2-3-34(39)53-29-28-51-27-26-50-25-24-49-23-22-48-21-20-47-19-18-46-17-16-45-15-14-44-13-12-43-11-10-42-9-8-41-7-6-40-5-4-35-32(36)30-52-31-33(37)38/h2-31H2,1H3,(H,35,36)(H,37,38). The molecule has 0 aliphatic rings. The highest BCUT2D eigenvalue weighted by atomic mass is 16.6. The average molecular weight is 776 g/mol. The molecule has 0 saturated heterocycles. The molecule has 0 atom stereocenters. The van der Waals surface area contributed by atoms with Crippen molar-refractivity contribution >= 4 is 17.8 Å². The summed E-state index contributed by atoms with van der Waals surface area (Å²) < 4.78 is 74.8. The number of nitrogens with one attached hydrogen (secondary N) is 1. The van der Waals surface area contributed by atoms with Crippen molar-refractivity contribution in [3.8, 4) is 0 Å². The lowest BCUT2D eigenvalue weighted by molar-refractivity contribution is -0.145. The number of esters is 1. The minimum Gasteiger partial charge on any atom is -0.480 e. The third-order valence-corrected chi connectivity index (χ3v) is 6.06. The number of hydrogen-bond donors (Lipinski definition) is 2. The van der Waals surface area contributed by atoms with Crippen molar-refractivity contribution in [1.82, 2.24) is 5.32 Å². The molecule has 0 radical (unpaired) electrons. The largest absolute Gasteiger partial charge is 0.480 e. The molecule has 0 heterocycles. The third-order valence-electron chi connectivity index (χ3n) is 6.06. The zero-order valence-electron chi connectivity index (χ0n) is 31.6. The van der Waals surface area contributed by atoms with E-state index in [-0.39, 0.29) is 19.2 Å². The van der Waals surface area contributed by atoms with Gasteiger partial charge in [0.15, 0.2) is 0 Å². The van der Waals surface area contributed by atoms with E-state index in [1.54, 1.807) is 0 Å². The first-order chi connectivity index (χ1) is 26.1. The molecule has 0 unspecified atom stereocenters. The van der Waals surface area contributed by atoms with E-state index in [4.69, 9.17) is 66.7 Å². The smallest absolute Gasteiger partial charge is 0.329 e. The Morgan fingerprint density at radius 3 is 0.962 bits per heavy atom. The van der Waals surface area contributed by atoms with Crippen LogP contribution in [0.15, 0.2) is 0 Å². The summed E-state index contributed by atoms with van der Waals surface area (Å²) in [4.78, 5) is 32.9. The topological polar surface area (TPSA) is 213 Å². The van der Waals surface area contributed by atoms with E-state index in [1.165, 1.54) is 0 Å². The molecular formula is C34H65NO18. The van der Waals surface area contributed by atoms with Crippen molar-refractivity contribution in [3.05, 3.63) is 0 Å². The molecule has 0 aromatic carbocycles. The second-order valence-corrected chi connectivity index (χ2v) is 10.6. The number of rotatable bonds is 45. The molecule has 0 aromatic heterocycles. The van der Waals surface area contributed by atoms with Crippen molar-refractivity contribution in [2.75, 3.05) is 185 Å². The molecular weight excluding hydrogens is 710 g/mol. The molecule has 19 nitrogen and oxygen atoms in total. The van der Waals surface area contributed by atoms with Crippen LogP contribution >= 0.6 is 0 Å². The molecule has 1 amide bonds. The van der Waals surface area contributed by atoms with E-state index in [9.17, 15) is 14.4 Å². The van der Waals surface area contributed by atoms with Gasteiger partial charge in [0.1, 0.15) is 19.8 Å². The van der Waals surface area contributed by atoms with Crippen LogP contribution < -0.4 is 5.32 Å². The van der Waals surface area contributed by atoms with Gasteiger partial charge < -0.3 is 76.7 Å². The molecule has 0 aliphatic carbocycles. The van der Waals surface area contributed by atoms with Crippen molar-refractivity contribution in [1.29, 1.82) is 0 Å². The highest BCUT2D eigenvalue weighted by Crippen LogP contribution is 1.91. The van der Waals surface area contributed by atoms with Gasteiger partial charge in [0.05, 0.1) is 159 Å². The lowest BCUT2D eigenvalue weighted by Crippen LogP contribution is -2.31. The molecule has 0 rings (SSSR count). The maximum absolute atomic E-state index is 11.4. The highest BCUT2D eigenvalue weighted by Gasteiger charge is 2.03. The fraction of sp³-hybridized carbons (Fsp3) is 0.912. The zero-order valence-corrected chi connectivity index (χ0v) is 31.6. The predicted molar refractivity (Wildman–Crippen MR) is 187 cm³/mol. The van der Waals surface area contributed by atoms with Crippen LogP contribution in [0, 0.1) is 0 Å². The SMILES string of the molecule is CCCC(=O)OCCOCCOCCOCCOCCOCCOCCOCCOCCOCCOCCOCCOCCNC(=O)COCC(=O)O. The fourth-order valence-corrected chi connectivity index (χ4v) is 3.56. The van der Waals surface area contributed by atoms with Crippen LogP contribution in [0.2, 0.25) is 0 Å². The molecule has 0 aliphatic heterocycles. The summed E-state index contributed by atoms with van der Waals surface area (Å²) in [7, 11) is 0. The number of aliphatic carboxylic acids is 1. The summed E-state index contributed by atoms with van der Waals surface area (Å²) in [6, 6.07) is 0. The molecule has 314 valence electrons. The van der Waals surface area contributed by atoms with Crippen LogP contribution in [0.4, 0.5) is 0 Å². The molecule has 0 fully saturated rings. The third kappa shape index (κ3) is 46.0. The Kier molecular flexibility index (Phi) is 42.5. The summed E-state index contributed by atoms with van der Waals surface area (Å²) in [6.07, 6.45) is 1.21. The molecule has 0 bridgehead atoms. The van der Waals surface area contributed by atoms with Crippen LogP contribution in [0.5, 0.6) is 0 Å². The van der Waals surface area contributed by atoms with Gasteiger partial charge in [-0.15, -0.1) is 0 Å². The van der Waals surface area contributed by atoms with E-state index >= 15 is 0 Å². The number of ether oxygens (including phenoxy) is 14. The van der Waals surface area contributed by atoms with Gasteiger partial charge in [-0.05, 0) is 6.42 Å². The van der Waals surface area contributed by atoms with Gasteiger partial charge in [-0.3, -0.25) is 9.59 Å². The molecule has 0 spiro atoms. The van der Waals surface area contributed by atoms with Gasteiger partial charge in [0.25, 0.3) is 0 Å². The number of hydrogen-bond acceptors (Lipinski definition) is 17. The molecule has 2 N–H and O–H groups in total. The van der Waals surface area contributed by atoms with E-state index in [2.05, 4.69) is 10.1 Å². The minimum absolute atomic E-state index is 0.196. The number of carboxylic acids is 1. The van der Waals surface area contributed by atoms with Crippen LogP contribution in [0.1, 0.15) is 19.8 Å². The van der Waals surface area contributed by atoms with Gasteiger partial charge >= 0.3 is 11.9 Å². The normalized spacial score (nSPS) is 11.3. The average Bonchev–Trinajstić information content (AvgIpc) is 3.14. The van der Waals surface area contributed by atoms with Crippen molar-refractivity contribution in [3.63, 3.8) is 0 Å². The first kappa shape index (κ1) is 50.9. The molecule has 0 aromatic rings. The van der Waals surface area contributed by atoms with Gasteiger partial charge in [-0.2, -0.15) is 0 Å². The second kappa shape index (κ2) is 44.3. The summed E-state index contributed by atoms with van der Waals surface area (Å²) in [5.41, 5.74) is 0. The number of carboxylic acid groups (broad SMARTS) is 1. The quantitative estimate of drug-likeness (QED) is 0.0603. The monoisotopic (exact) mass is 775 g/mol. The van der Waals surface area contributed by atoms with Crippen LogP contribution in [0.25, 0.3) is 0 Å². The maximum Gasteiger partial charge on any atom is 0.329 e. The van der Waals surface area contributed by atoms with Crippen LogP contribution in [0.3, 0.4) is 0 Å².